The molecule has 0 aliphatic carbocycles. The van der Waals surface area contributed by atoms with Gasteiger partial charge in [0.15, 0.2) is 0 Å². The first-order chi connectivity index (χ1) is 8.08. The van der Waals surface area contributed by atoms with Crippen LogP contribution in [0.5, 0.6) is 5.75 Å². The molecule has 0 saturated carbocycles. The molecule has 1 aromatic carbocycles. The zero-order valence-corrected chi connectivity index (χ0v) is 11.1. The zero-order chi connectivity index (χ0) is 12.8. The Morgan fingerprint density at radius 3 is 2.41 bits per heavy atom. The van der Waals surface area contributed by atoms with Gasteiger partial charge >= 0.3 is 0 Å². The van der Waals surface area contributed by atoms with Crippen LogP contribution < -0.4 is 16.0 Å². The number of amides is 1. The molecular formula is C12H18N2O2S. The molecule has 0 aliphatic heterocycles. The van der Waals surface area contributed by atoms with Crippen molar-refractivity contribution >= 4 is 17.7 Å². The maximum Gasteiger partial charge on any atom is 0.237 e. The molecule has 0 spiro atoms. The van der Waals surface area contributed by atoms with Gasteiger partial charge in [-0.2, -0.15) is 0 Å². The van der Waals surface area contributed by atoms with Gasteiger partial charge in [-0.3, -0.25) is 10.2 Å². The average molecular weight is 254 g/mol. The normalized spacial score (nSPS) is 13.9. The van der Waals surface area contributed by atoms with Crippen LogP contribution in [0.25, 0.3) is 0 Å². The van der Waals surface area contributed by atoms with E-state index in [4.69, 9.17) is 10.6 Å². The Labute approximate surface area is 106 Å². The fourth-order valence-corrected chi connectivity index (χ4v) is 2.37. The van der Waals surface area contributed by atoms with Crippen LogP contribution in [0.2, 0.25) is 0 Å². The fraction of sp³-hybridized carbons (Fsp3) is 0.417. The summed E-state index contributed by atoms with van der Waals surface area (Å²) in [5.74, 6) is 5.67. The molecule has 2 unspecified atom stereocenters. The topological polar surface area (TPSA) is 64.3 Å². The van der Waals surface area contributed by atoms with E-state index in [1.54, 1.807) is 18.9 Å². The number of thioether (sulfide) groups is 1. The predicted molar refractivity (Wildman–Crippen MR) is 69.8 cm³/mol. The standard InChI is InChI=1S/C12H18N2O2S/c1-8(12(15)14-13)9(2)17-11-6-4-10(16-3)5-7-11/h4-9H,13H2,1-3H3,(H,14,15). The molecule has 0 radical (unpaired) electrons. The monoisotopic (exact) mass is 254 g/mol. The molecule has 3 N–H and O–H groups in total. The second kappa shape index (κ2) is 6.51. The van der Waals surface area contributed by atoms with Gasteiger partial charge in [0, 0.05) is 16.1 Å². The summed E-state index contributed by atoms with van der Waals surface area (Å²) in [5.41, 5.74) is 2.18. The number of carbonyl (C=O) groups is 1. The minimum absolute atomic E-state index is 0.132. The van der Waals surface area contributed by atoms with E-state index >= 15 is 0 Å². The van der Waals surface area contributed by atoms with Crippen LogP contribution in [0.1, 0.15) is 13.8 Å². The highest BCUT2D eigenvalue weighted by Gasteiger charge is 2.20. The second-order valence-corrected chi connectivity index (χ2v) is 5.25. The van der Waals surface area contributed by atoms with Crippen molar-refractivity contribution in [1.82, 2.24) is 5.43 Å². The molecule has 0 heterocycles. The summed E-state index contributed by atoms with van der Waals surface area (Å²) in [7, 11) is 1.64. The Morgan fingerprint density at radius 1 is 1.35 bits per heavy atom. The van der Waals surface area contributed by atoms with Gasteiger partial charge in [-0.15, -0.1) is 11.8 Å². The Hall–Kier alpha value is -1.20. The van der Waals surface area contributed by atoms with Crippen molar-refractivity contribution in [3.05, 3.63) is 24.3 Å². The van der Waals surface area contributed by atoms with E-state index in [1.807, 2.05) is 38.1 Å². The van der Waals surface area contributed by atoms with Gasteiger partial charge in [-0.25, -0.2) is 5.84 Å². The lowest BCUT2D eigenvalue weighted by Gasteiger charge is -2.17. The first kappa shape index (κ1) is 13.9. The van der Waals surface area contributed by atoms with Crippen molar-refractivity contribution in [3.8, 4) is 5.75 Å². The Kier molecular flexibility index (Phi) is 5.31. The van der Waals surface area contributed by atoms with Crippen LogP contribution in [0.4, 0.5) is 0 Å². The van der Waals surface area contributed by atoms with Crippen LogP contribution in [-0.2, 0) is 4.79 Å². The summed E-state index contributed by atoms with van der Waals surface area (Å²) in [4.78, 5) is 12.5. The Balaban J connectivity index is 2.60. The van der Waals surface area contributed by atoms with Crippen molar-refractivity contribution < 1.29 is 9.53 Å². The minimum Gasteiger partial charge on any atom is -0.497 e. The molecule has 0 saturated heterocycles. The maximum absolute atomic E-state index is 11.4. The molecule has 0 bridgehead atoms. The summed E-state index contributed by atoms with van der Waals surface area (Å²) < 4.78 is 5.09. The number of carbonyl (C=O) groups excluding carboxylic acids is 1. The lowest BCUT2D eigenvalue weighted by Crippen LogP contribution is -2.38. The molecule has 0 aliphatic rings. The molecule has 1 rings (SSSR count). The third-order valence-corrected chi connectivity index (χ3v) is 3.97. The summed E-state index contributed by atoms with van der Waals surface area (Å²) in [6.45, 7) is 3.87. The SMILES string of the molecule is COc1ccc(SC(C)C(C)C(=O)NN)cc1. The first-order valence-corrected chi connectivity index (χ1v) is 6.27. The van der Waals surface area contributed by atoms with E-state index in [0.717, 1.165) is 10.6 Å². The number of hydrogen-bond donors (Lipinski definition) is 2. The van der Waals surface area contributed by atoms with Crippen LogP contribution in [0.15, 0.2) is 29.2 Å². The third-order valence-electron chi connectivity index (χ3n) is 2.64. The minimum atomic E-state index is -0.140. The highest BCUT2D eigenvalue weighted by Crippen LogP contribution is 2.29. The van der Waals surface area contributed by atoms with Crippen molar-refractivity contribution in [3.63, 3.8) is 0 Å². The molecule has 1 amide bonds. The number of hydrogen-bond acceptors (Lipinski definition) is 4. The number of nitrogens with one attached hydrogen (secondary N) is 1. The highest BCUT2D eigenvalue weighted by atomic mass is 32.2. The second-order valence-electron chi connectivity index (χ2n) is 3.80. The summed E-state index contributed by atoms with van der Waals surface area (Å²) >= 11 is 1.64. The van der Waals surface area contributed by atoms with Gasteiger partial charge in [-0.05, 0) is 24.3 Å². The molecule has 2 atom stereocenters. The number of ether oxygens (including phenoxy) is 1. The van der Waals surface area contributed by atoms with E-state index in [9.17, 15) is 4.79 Å². The molecule has 4 nitrogen and oxygen atoms in total. The van der Waals surface area contributed by atoms with Gasteiger partial charge in [-0.1, -0.05) is 13.8 Å². The molecule has 0 aromatic heterocycles. The highest BCUT2D eigenvalue weighted by molar-refractivity contribution is 8.00. The van der Waals surface area contributed by atoms with Gasteiger partial charge in [0.2, 0.25) is 5.91 Å². The van der Waals surface area contributed by atoms with E-state index in [0.29, 0.717) is 0 Å². The average Bonchev–Trinajstić information content (AvgIpc) is 2.37. The summed E-state index contributed by atoms with van der Waals surface area (Å²) in [6, 6.07) is 7.77. The van der Waals surface area contributed by atoms with Crippen LogP contribution >= 0.6 is 11.8 Å². The lowest BCUT2D eigenvalue weighted by molar-refractivity contribution is -0.124. The van der Waals surface area contributed by atoms with Gasteiger partial charge < -0.3 is 4.74 Å². The van der Waals surface area contributed by atoms with E-state index in [-0.39, 0.29) is 17.1 Å². The summed E-state index contributed by atoms with van der Waals surface area (Å²) in [5, 5.41) is 0.159. The lowest BCUT2D eigenvalue weighted by atomic mass is 10.1. The van der Waals surface area contributed by atoms with Crippen LogP contribution in [-0.4, -0.2) is 18.3 Å². The summed E-state index contributed by atoms with van der Waals surface area (Å²) in [6.07, 6.45) is 0. The number of nitrogens with two attached hydrogens (primary N) is 1. The van der Waals surface area contributed by atoms with E-state index < -0.39 is 0 Å². The third kappa shape index (κ3) is 3.94. The van der Waals surface area contributed by atoms with E-state index in [2.05, 4.69) is 5.43 Å². The number of methoxy groups -OCH3 is 1. The predicted octanol–water partition coefficient (Wildman–Crippen LogP) is 1.80. The molecule has 0 fully saturated rings. The maximum atomic E-state index is 11.4. The van der Waals surface area contributed by atoms with Crippen molar-refractivity contribution in [2.24, 2.45) is 11.8 Å². The molecule has 17 heavy (non-hydrogen) atoms. The van der Waals surface area contributed by atoms with Crippen LogP contribution in [0, 0.1) is 5.92 Å². The Bertz CT molecular complexity index is 367. The molecular weight excluding hydrogens is 236 g/mol. The van der Waals surface area contributed by atoms with Crippen LogP contribution in [0.3, 0.4) is 0 Å². The Morgan fingerprint density at radius 2 is 1.94 bits per heavy atom. The number of hydrazine groups is 1. The van der Waals surface area contributed by atoms with Crippen molar-refractivity contribution in [2.45, 2.75) is 24.0 Å². The smallest absolute Gasteiger partial charge is 0.237 e. The number of benzene rings is 1. The number of rotatable bonds is 5. The largest absolute Gasteiger partial charge is 0.497 e. The van der Waals surface area contributed by atoms with Gasteiger partial charge in [0.05, 0.1) is 7.11 Å². The molecule has 5 heteroatoms. The van der Waals surface area contributed by atoms with E-state index in [1.165, 1.54) is 0 Å². The quantitative estimate of drug-likeness (QED) is 0.364. The first-order valence-electron chi connectivity index (χ1n) is 5.39. The van der Waals surface area contributed by atoms with Crippen molar-refractivity contribution in [1.29, 1.82) is 0 Å². The van der Waals surface area contributed by atoms with Crippen molar-refractivity contribution in [2.75, 3.05) is 7.11 Å². The fourth-order valence-electron chi connectivity index (χ4n) is 1.32. The molecule has 1 aromatic rings. The molecule has 94 valence electrons. The van der Waals surface area contributed by atoms with Gasteiger partial charge in [0.1, 0.15) is 5.75 Å². The zero-order valence-electron chi connectivity index (χ0n) is 10.3. The van der Waals surface area contributed by atoms with Gasteiger partial charge in [0.25, 0.3) is 0 Å².